The van der Waals surface area contributed by atoms with E-state index in [2.05, 4.69) is 27.1 Å². The van der Waals surface area contributed by atoms with Crippen LogP contribution >= 0.6 is 11.8 Å². The molecule has 3 aromatic heterocycles. The first-order valence-electron chi connectivity index (χ1n) is 9.41. The third-order valence-electron chi connectivity index (χ3n) is 4.94. The van der Waals surface area contributed by atoms with Crippen LogP contribution in [-0.4, -0.2) is 28.2 Å². The van der Waals surface area contributed by atoms with Crippen molar-refractivity contribution < 1.29 is 4.74 Å². The number of nitrogen functional groups attached to an aromatic ring is 1. The van der Waals surface area contributed by atoms with Gasteiger partial charge in [0, 0.05) is 36.2 Å². The second-order valence-corrected chi connectivity index (χ2v) is 7.76. The Labute approximate surface area is 178 Å². The summed E-state index contributed by atoms with van der Waals surface area (Å²) >= 11 is 1.36. The van der Waals surface area contributed by atoms with Crippen LogP contribution < -0.4 is 5.73 Å². The lowest BCUT2D eigenvalue weighted by molar-refractivity contribution is 0.194. The maximum absolute atomic E-state index is 9.88. The maximum atomic E-state index is 9.88. The Morgan fingerprint density at radius 3 is 2.63 bits per heavy atom. The summed E-state index contributed by atoms with van der Waals surface area (Å²) < 4.78 is 5.45. The Kier molecular flexibility index (Phi) is 5.89. The van der Waals surface area contributed by atoms with Gasteiger partial charge >= 0.3 is 0 Å². The minimum Gasteiger partial charge on any atom is -0.383 e. The Bertz CT molecular complexity index is 1130. The molecule has 0 spiro atoms. The lowest BCUT2D eigenvalue weighted by Crippen LogP contribution is -2.05. The molecule has 3 aromatic rings. The fourth-order valence-electron chi connectivity index (χ4n) is 3.38. The number of anilines is 1. The number of rotatable bonds is 5. The van der Waals surface area contributed by atoms with Gasteiger partial charge in [-0.15, -0.1) is 0 Å². The largest absolute Gasteiger partial charge is 0.383 e. The van der Waals surface area contributed by atoms with Crippen LogP contribution in [0.25, 0.3) is 11.3 Å². The zero-order valence-electron chi connectivity index (χ0n) is 16.1. The van der Waals surface area contributed by atoms with Gasteiger partial charge in [0.2, 0.25) is 0 Å². The molecule has 4 heterocycles. The number of hydrogen-bond acceptors (Lipinski definition) is 8. The highest BCUT2D eigenvalue weighted by Crippen LogP contribution is 2.36. The van der Waals surface area contributed by atoms with E-state index in [1.54, 1.807) is 12.4 Å². The van der Waals surface area contributed by atoms with Crippen molar-refractivity contribution in [3.8, 4) is 23.4 Å². The standard InChI is InChI=1S/C22H18N6OS/c23-9-17-20(19-5-4-14(11-27-19)15-6-8-29-12-15)18(10-24)22(28-21(17)25)30-13-16-3-1-2-7-26-16/h1-5,7,11,15H,6,8,12-13H2,(H2,25,28). The number of pyridine rings is 3. The van der Waals surface area contributed by atoms with Crippen LogP contribution in [0.3, 0.4) is 0 Å². The zero-order chi connectivity index (χ0) is 20.9. The summed E-state index contributed by atoms with van der Waals surface area (Å²) in [6.45, 7) is 1.44. The third kappa shape index (κ3) is 3.97. The summed E-state index contributed by atoms with van der Waals surface area (Å²) in [5, 5.41) is 20.0. The molecule has 148 valence electrons. The molecule has 1 aliphatic rings. The van der Waals surface area contributed by atoms with Crippen molar-refractivity contribution in [1.82, 2.24) is 15.0 Å². The molecular weight excluding hydrogens is 396 g/mol. The fourth-order valence-corrected chi connectivity index (χ4v) is 4.29. The number of aromatic nitrogens is 3. The molecule has 7 nitrogen and oxygen atoms in total. The molecule has 1 fully saturated rings. The molecule has 1 unspecified atom stereocenters. The molecule has 0 amide bonds. The maximum Gasteiger partial charge on any atom is 0.143 e. The van der Waals surface area contributed by atoms with Gasteiger partial charge in [-0.1, -0.05) is 23.9 Å². The van der Waals surface area contributed by atoms with E-state index >= 15 is 0 Å². The minimum atomic E-state index is 0.0880. The van der Waals surface area contributed by atoms with E-state index in [1.807, 2.05) is 30.3 Å². The molecule has 8 heteroatoms. The molecule has 30 heavy (non-hydrogen) atoms. The smallest absolute Gasteiger partial charge is 0.143 e. The second kappa shape index (κ2) is 8.91. The van der Waals surface area contributed by atoms with Gasteiger partial charge in [0.05, 0.1) is 23.6 Å². The van der Waals surface area contributed by atoms with Gasteiger partial charge < -0.3 is 10.5 Å². The number of nitrogens with two attached hydrogens (primary N) is 1. The normalized spacial score (nSPS) is 15.5. The summed E-state index contributed by atoms with van der Waals surface area (Å²) in [7, 11) is 0. The number of nitrogens with zero attached hydrogens (tertiary/aromatic N) is 5. The van der Waals surface area contributed by atoms with Gasteiger partial charge in [0.15, 0.2) is 0 Å². The first kappa shape index (κ1) is 19.8. The van der Waals surface area contributed by atoms with Gasteiger partial charge in [-0.3, -0.25) is 9.97 Å². The highest BCUT2D eigenvalue weighted by Gasteiger charge is 2.23. The van der Waals surface area contributed by atoms with Crippen LogP contribution in [0.1, 0.15) is 34.7 Å². The Morgan fingerprint density at radius 1 is 1.13 bits per heavy atom. The van der Waals surface area contributed by atoms with Crippen LogP contribution in [0, 0.1) is 22.7 Å². The number of ether oxygens (including phenoxy) is 1. The van der Waals surface area contributed by atoms with E-state index in [4.69, 9.17) is 10.5 Å². The minimum absolute atomic E-state index is 0.0880. The average Bonchev–Trinajstić information content (AvgIpc) is 3.33. The van der Waals surface area contributed by atoms with E-state index in [9.17, 15) is 10.5 Å². The van der Waals surface area contributed by atoms with Crippen LogP contribution in [-0.2, 0) is 10.5 Å². The van der Waals surface area contributed by atoms with Gasteiger partial charge in [0.1, 0.15) is 28.5 Å². The first-order chi connectivity index (χ1) is 14.7. The molecular formula is C22H18N6OS. The van der Waals surface area contributed by atoms with Crippen molar-refractivity contribution in [1.29, 1.82) is 10.5 Å². The quantitative estimate of drug-likeness (QED) is 0.628. The van der Waals surface area contributed by atoms with Crippen molar-refractivity contribution >= 4 is 17.6 Å². The van der Waals surface area contributed by atoms with Gasteiger partial charge in [-0.2, -0.15) is 10.5 Å². The third-order valence-corrected chi connectivity index (χ3v) is 5.95. The van der Waals surface area contributed by atoms with Crippen LogP contribution in [0.5, 0.6) is 0 Å². The second-order valence-electron chi connectivity index (χ2n) is 6.80. The molecule has 1 saturated heterocycles. The fraction of sp³-hybridized carbons (Fsp3) is 0.227. The van der Waals surface area contributed by atoms with E-state index in [0.717, 1.165) is 24.3 Å². The summed E-state index contributed by atoms with van der Waals surface area (Å²) in [5.74, 6) is 0.941. The van der Waals surface area contributed by atoms with Crippen molar-refractivity contribution in [3.05, 3.63) is 65.1 Å². The van der Waals surface area contributed by atoms with Crippen LogP contribution in [0.15, 0.2) is 47.8 Å². The monoisotopic (exact) mass is 414 g/mol. The average molecular weight is 414 g/mol. The summed E-state index contributed by atoms with van der Waals surface area (Å²) in [6, 6.07) is 13.7. The molecule has 0 bridgehead atoms. The molecule has 0 aromatic carbocycles. The lowest BCUT2D eigenvalue weighted by atomic mass is 9.97. The molecule has 0 radical (unpaired) electrons. The molecule has 2 N–H and O–H groups in total. The predicted octanol–water partition coefficient (Wildman–Crippen LogP) is 3.66. The van der Waals surface area contributed by atoms with Gasteiger partial charge in [-0.05, 0) is 30.2 Å². The van der Waals surface area contributed by atoms with E-state index < -0.39 is 0 Å². The highest BCUT2D eigenvalue weighted by atomic mass is 32.2. The number of nitriles is 2. The Hall–Kier alpha value is -3.46. The van der Waals surface area contributed by atoms with Crippen molar-refractivity contribution in [2.75, 3.05) is 18.9 Å². The summed E-state index contributed by atoms with van der Waals surface area (Å²) in [4.78, 5) is 13.2. The van der Waals surface area contributed by atoms with E-state index in [-0.39, 0.29) is 11.4 Å². The highest BCUT2D eigenvalue weighted by molar-refractivity contribution is 7.98. The predicted molar refractivity (Wildman–Crippen MR) is 113 cm³/mol. The van der Waals surface area contributed by atoms with Gasteiger partial charge in [0.25, 0.3) is 0 Å². The molecule has 0 aliphatic carbocycles. The first-order valence-corrected chi connectivity index (χ1v) is 10.4. The Balaban J connectivity index is 1.73. The SMILES string of the molecule is N#Cc1c(N)nc(SCc2ccccn2)c(C#N)c1-c1ccc(C2CCOC2)cn1. The van der Waals surface area contributed by atoms with Crippen LogP contribution in [0.2, 0.25) is 0 Å². The van der Waals surface area contributed by atoms with Gasteiger partial charge in [-0.25, -0.2) is 4.98 Å². The van der Waals surface area contributed by atoms with Crippen molar-refractivity contribution in [3.63, 3.8) is 0 Å². The van der Waals surface area contributed by atoms with Crippen molar-refractivity contribution in [2.45, 2.75) is 23.1 Å². The molecule has 0 saturated carbocycles. The summed E-state index contributed by atoms with van der Waals surface area (Å²) in [5.41, 5.74) is 9.43. The Morgan fingerprint density at radius 2 is 2.00 bits per heavy atom. The topological polar surface area (TPSA) is 122 Å². The van der Waals surface area contributed by atoms with Crippen LogP contribution in [0.4, 0.5) is 5.82 Å². The molecule has 4 rings (SSSR count). The molecule has 1 atom stereocenters. The number of thioether (sulfide) groups is 1. The van der Waals surface area contributed by atoms with E-state index in [0.29, 0.717) is 40.1 Å². The zero-order valence-corrected chi connectivity index (χ0v) is 16.9. The van der Waals surface area contributed by atoms with Crippen molar-refractivity contribution in [2.24, 2.45) is 0 Å². The van der Waals surface area contributed by atoms with E-state index in [1.165, 1.54) is 11.8 Å². The lowest BCUT2D eigenvalue weighted by Gasteiger charge is -2.13. The number of hydrogen-bond donors (Lipinski definition) is 1. The molecule has 1 aliphatic heterocycles. The summed E-state index contributed by atoms with van der Waals surface area (Å²) in [6.07, 6.45) is 4.46.